The smallest absolute Gasteiger partial charge is 0.326 e. The molecule has 33 heavy (non-hydrogen) atoms. The third-order valence-corrected chi connectivity index (χ3v) is 6.30. The molecule has 1 heterocycles. The molecular weight excluding hydrogens is 442 g/mol. The lowest BCUT2D eigenvalue weighted by molar-refractivity contribution is -0.138. The highest BCUT2D eigenvalue weighted by Gasteiger charge is 2.20. The van der Waals surface area contributed by atoms with Crippen LogP contribution in [0.25, 0.3) is 0 Å². The van der Waals surface area contributed by atoms with Gasteiger partial charge in [-0.3, -0.25) is 0 Å². The summed E-state index contributed by atoms with van der Waals surface area (Å²) in [6, 6.07) is -1.66. The van der Waals surface area contributed by atoms with Crippen LogP contribution >= 0.6 is 11.8 Å². The Morgan fingerprint density at radius 3 is 1.55 bits per heavy atom. The van der Waals surface area contributed by atoms with E-state index in [1.807, 2.05) is 0 Å². The summed E-state index contributed by atoms with van der Waals surface area (Å²) in [4.78, 5) is 35.6. The first kappa shape index (κ1) is 28.9. The number of rotatable bonds is 20. The SMILES string of the molecule is CCCCCCCCCCCCSc1nc(NC(CC)C(=O)O)nc(NC(CC)C(=O)O)n1. The van der Waals surface area contributed by atoms with E-state index in [4.69, 9.17) is 0 Å². The molecule has 2 unspecified atom stereocenters. The number of thioether (sulfide) groups is 1. The summed E-state index contributed by atoms with van der Waals surface area (Å²) in [6.07, 6.45) is 13.3. The van der Waals surface area contributed by atoms with Crippen molar-refractivity contribution in [1.82, 2.24) is 15.0 Å². The summed E-state index contributed by atoms with van der Waals surface area (Å²) in [6.45, 7) is 5.74. The Morgan fingerprint density at radius 1 is 0.727 bits per heavy atom. The lowest BCUT2D eigenvalue weighted by Crippen LogP contribution is -2.31. The molecule has 0 fully saturated rings. The van der Waals surface area contributed by atoms with Crippen LogP contribution in [0.3, 0.4) is 0 Å². The summed E-state index contributed by atoms with van der Waals surface area (Å²) in [7, 11) is 0. The van der Waals surface area contributed by atoms with E-state index in [0.29, 0.717) is 18.0 Å². The van der Waals surface area contributed by atoms with E-state index in [9.17, 15) is 19.8 Å². The highest BCUT2D eigenvalue weighted by Crippen LogP contribution is 2.20. The minimum atomic E-state index is -0.996. The number of carbonyl (C=O) groups is 2. The molecule has 1 aromatic heterocycles. The molecule has 0 saturated heterocycles. The Morgan fingerprint density at radius 2 is 1.15 bits per heavy atom. The lowest BCUT2D eigenvalue weighted by atomic mass is 10.1. The summed E-state index contributed by atoms with van der Waals surface area (Å²) in [5.74, 6) is -0.890. The number of hydrogen-bond donors (Lipinski definition) is 4. The molecule has 0 aliphatic carbocycles. The second-order valence-electron chi connectivity index (χ2n) is 8.18. The zero-order valence-electron chi connectivity index (χ0n) is 20.3. The minimum Gasteiger partial charge on any atom is -0.480 e. The van der Waals surface area contributed by atoms with Crippen molar-refractivity contribution in [2.24, 2.45) is 0 Å². The van der Waals surface area contributed by atoms with Gasteiger partial charge in [0.25, 0.3) is 0 Å². The van der Waals surface area contributed by atoms with Crippen molar-refractivity contribution in [1.29, 1.82) is 0 Å². The van der Waals surface area contributed by atoms with Crippen LogP contribution in [-0.2, 0) is 9.59 Å². The lowest BCUT2D eigenvalue weighted by Gasteiger charge is -2.16. The molecule has 4 N–H and O–H groups in total. The molecule has 10 heteroatoms. The molecule has 0 bridgehead atoms. The number of carboxylic acid groups (broad SMARTS) is 2. The third kappa shape index (κ3) is 12.6. The van der Waals surface area contributed by atoms with Gasteiger partial charge in [0.15, 0.2) is 5.16 Å². The van der Waals surface area contributed by atoms with Gasteiger partial charge in [0.1, 0.15) is 12.1 Å². The summed E-state index contributed by atoms with van der Waals surface area (Å²) >= 11 is 1.48. The van der Waals surface area contributed by atoms with Crippen molar-refractivity contribution >= 4 is 35.6 Å². The third-order valence-electron chi connectivity index (χ3n) is 5.36. The second kappa shape index (κ2) is 17.4. The fourth-order valence-electron chi connectivity index (χ4n) is 3.29. The Kier molecular flexibility index (Phi) is 15.2. The number of aliphatic carboxylic acids is 2. The van der Waals surface area contributed by atoms with Crippen molar-refractivity contribution in [3.05, 3.63) is 0 Å². The largest absolute Gasteiger partial charge is 0.480 e. The molecular formula is C23H41N5O4S. The highest BCUT2D eigenvalue weighted by molar-refractivity contribution is 7.99. The van der Waals surface area contributed by atoms with Crippen molar-refractivity contribution in [3.8, 4) is 0 Å². The normalized spacial score (nSPS) is 12.8. The van der Waals surface area contributed by atoms with Gasteiger partial charge in [-0.05, 0) is 19.3 Å². The van der Waals surface area contributed by atoms with Crippen molar-refractivity contribution in [2.75, 3.05) is 16.4 Å². The number of hydrogen-bond acceptors (Lipinski definition) is 8. The fourth-order valence-corrected chi connectivity index (χ4v) is 4.12. The molecule has 2 atom stereocenters. The minimum absolute atomic E-state index is 0.132. The number of unbranched alkanes of at least 4 members (excludes halogenated alkanes) is 9. The van der Waals surface area contributed by atoms with Crippen molar-refractivity contribution < 1.29 is 19.8 Å². The second-order valence-corrected chi connectivity index (χ2v) is 9.24. The maximum absolute atomic E-state index is 11.4. The fraction of sp³-hybridized carbons (Fsp3) is 0.783. The van der Waals surface area contributed by atoms with Gasteiger partial charge in [0.05, 0.1) is 0 Å². The average molecular weight is 484 g/mol. The molecule has 0 spiro atoms. The molecule has 1 rings (SSSR count). The van der Waals surface area contributed by atoms with E-state index >= 15 is 0 Å². The van der Waals surface area contributed by atoms with Crippen LogP contribution in [0, 0.1) is 0 Å². The topological polar surface area (TPSA) is 137 Å². The van der Waals surface area contributed by atoms with Gasteiger partial charge in [-0.1, -0.05) is 90.3 Å². The monoisotopic (exact) mass is 483 g/mol. The van der Waals surface area contributed by atoms with Gasteiger partial charge < -0.3 is 20.8 Å². The highest BCUT2D eigenvalue weighted by atomic mass is 32.2. The maximum Gasteiger partial charge on any atom is 0.326 e. The number of carboxylic acids is 2. The Labute approximate surface area is 202 Å². The molecule has 188 valence electrons. The molecule has 0 radical (unpaired) electrons. The molecule has 9 nitrogen and oxygen atoms in total. The first-order valence-electron chi connectivity index (χ1n) is 12.3. The van der Waals surface area contributed by atoms with Crippen LogP contribution in [0.15, 0.2) is 5.16 Å². The van der Waals surface area contributed by atoms with Crippen LogP contribution in [0.5, 0.6) is 0 Å². The number of aromatic nitrogens is 3. The van der Waals surface area contributed by atoms with Crippen LogP contribution < -0.4 is 10.6 Å². The van der Waals surface area contributed by atoms with Crippen LogP contribution in [0.4, 0.5) is 11.9 Å². The van der Waals surface area contributed by atoms with Gasteiger partial charge in [0, 0.05) is 5.75 Å². The quantitative estimate of drug-likeness (QED) is 0.140. The molecule has 1 aromatic rings. The zero-order valence-corrected chi connectivity index (χ0v) is 21.1. The summed E-state index contributed by atoms with van der Waals surface area (Å²) < 4.78 is 0. The van der Waals surface area contributed by atoms with Crippen LogP contribution in [0.1, 0.15) is 97.8 Å². The van der Waals surface area contributed by atoms with Gasteiger partial charge >= 0.3 is 11.9 Å². The van der Waals surface area contributed by atoms with Crippen molar-refractivity contribution in [2.45, 2.75) is 115 Å². The number of nitrogens with zero attached hydrogens (tertiary/aromatic N) is 3. The molecule has 0 aromatic carbocycles. The van der Waals surface area contributed by atoms with Gasteiger partial charge in [-0.15, -0.1) is 0 Å². The van der Waals surface area contributed by atoms with Crippen LogP contribution in [-0.4, -0.2) is 54.9 Å². The Bertz CT molecular complexity index is 665. The van der Waals surface area contributed by atoms with Gasteiger partial charge in [0.2, 0.25) is 11.9 Å². The summed E-state index contributed by atoms with van der Waals surface area (Å²) in [5.41, 5.74) is 0. The predicted octanol–water partition coefficient (Wildman–Crippen LogP) is 5.43. The first-order valence-corrected chi connectivity index (χ1v) is 13.3. The van der Waals surface area contributed by atoms with Crippen LogP contribution in [0.2, 0.25) is 0 Å². The predicted molar refractivity (Wildman–Crippen MR) is 133 cm³/mol. The summed E-state index contributed by atoms with van der Waals surface area (Å²) in [5, 5.41) is 24.7. The molecule has 0 amide bonds. The van der Waals surface area contributed by atoms with Gasteiger partial charge in [-0.25, -0.2) is 9.59 Å². The zero-order chi connectivity index (χ0) is 24.5. The Balaban J connectivity index is 2.59. The number of nitrogens with one attached hydrogen (secondary N) is 2. The Hall–Kier alpha value is -2.10. The van der Waals surface area contributed by atoms with E-state index in [1.54, 1.807) is 13.8 Å². The first-order chi connectivity index (χ1) is 15.9. The van der Waals surface area contributed by atoms with Gasteiger partial charge in [-0.2, -0.15) is 15.0 Å². The maximum atomic E-state index is 11.4. The number of anilines is 2. The van der Waals surface area contributed by atoms with E-state index in [1.165, 1.54) is 63.1 Å². The van der Waals surface area contributed by atoms with E-state index < -0.39 is 24.0 Å². The standard InChI is InChI=1S/C23H41N5O4S/c1-4-7-8-9-10-11-12-13-14-15-16-33-23-27-21(24-17(5-2)19(29)30)26-22(28-23)25-18(6-3)20(31)32/h17-18H,4-16H2,1-3H3,(H,29,30)(H,31,32)(H2,24,25,26,27,28). The average Bonchev–Trinajstić information content (AvgIpc) is 2.79. The van der Waals surface area contributed by atoms with E-state index in [2.05, 4.69) is 32.5 Å². The molecule has 0 aliphatic heterocycles. The molecule has 0 aliphatic rings. The molecule has 0 saturated carbocycles. The van der Waals surface area contributed by atoms with Crippen molar-refractivity contribution in [3.63, 3.8) is 0 Å². The van der Waals surface area contributed by atoms with E-state index in [-0.39, 0.29) is 11.9 Å². The van der Waals surface area contributed by atoms with E-state index in [0.717, 1.165) is 18.6 Å².